The quantitative estimate of drug-likeness (QED) is 0.652. The van der Waals surface area contributed by atoms with Gasteiger partial charge in [-0.1, -0.05) is 12.1 Å². The Bertz CT molecular complexity index is 1160. The Balaban J connectivity index is 1.32. The van der Waals surface area contributed by atoms with Crippen molar-refractivity contribution in [3.8, 4) is 0 Å². The van der Waals surface area contributed by atoms with E-state index in [2.05, 4.69) is 5.10 Å². The second-order valence-electron chi connectivity index (χ2n) is 7.53. The number of oxazole rings is 1. The molecule has 3 heterocycles. The van der Waals surface area contributed by atoms with E-state index >= 15 is 0 Å². The van der Waals surface area contributed by atoms with Crippen LogP contribution in [-0.4, -0.2) is 42.8 Å². The van der Waals surface area contributed by atoms with E-state index < -0.39 is 5.76 Å². The van der Waals surface area contributed by atoms with Gasteiger partial charge >= 0.3 is 11.4 Å². The Labute approximate surface area is 159 Å². The van der Waals surface area contributed by atoms with E-state index in [0.29, 0.717) is 49.6 Å². The van der Waals surface area contributed by atoms with Gasteiger partial charge in [0.1, 0.15) is 12.4 Å². The molecule has 3 aromatic rings. The molecule has 5 rings (SSSR count). The number of nitrogens with zero attached hydrogens (tertiary/aromatic N) is 5. The Hall–Kier alpha value is -3.10. The molecule has 1 fully saturated rings. The highest BCUT2D eigenvalue weighted by molar-refractivity contribution is 5.79. The van der Waals surface area contributed by atoms with Gasteiger partial charge in [0, 0.05) is 32.6 Å². The molecule has 2 aliphatic rings. The SMILES string of the molecule is O=C(Cn1c(=O)oc2ccccc21)N1CCc2nn(CC3CC3)c(=O)n2CC1. The number of amides is 1. The number of rotatable bonds is 4. The molecule has 0 atom stereocenters. The lowest BCUT2D eigenvalue weighted by Gasteiger charge is -2.20. The van der Waals surface area contributed by atoms with Crippen LogP contribution in [0.1, 0.15) is 18.7 Å². The van der Waals surface area contributed by atoms with Crippen molar-refractivity contribution in [1.29, 1.82) is 0 Å². The lowest BCUT2D eigenvalue weighted by atomic mass is 10.3. The van der Waals surface area contributed by atoms with E-state index in [1.807, 2.05) is 0 Å². The van der Waals surface area contributed by atoms with Crippen molar-refractivity contribution < 1.29 is 9.21 Å². The van der Waals surface area contributed by atoms with E-state index in [0.717, 1.165) is 5.82 Å². The van der Waals surface area contributed by atoms with Crippen LogP contribution in [0.2, 0.25) is 0 Å². The first-order valence-corrected chi connectivity index (χ1v) is 9.63. The van der Waals surface area contributed by atoms with Crippen LogP contribution in [0.4, 0.5) is 0 Å². The highest BCUT2D eigenvalue weighted by atomic mass is 16.4. The summed E-state index contributed by atoms with van der Waals surface area (Å²) in [7, 11) is 0. The van der Waals surface area contributed by atoms with Crippen molar-refractivity contribution in [3.63, 3.8) is 0 Å². The van der Waals surface area contributed by atoms with Gasteiger partial charge in [-0.2, -0.15) is 5.10 Å². The van der Waals surface area contributed by atoms with Gasteiger partial charge in [0.2, 0.25) is 5.91 Å². The van der Waals surface area contributed by atoms with Crippen LogP contribution in [0.15, 0.2) is 38.3 Å². The molecule has 9 heteroatoms. The molecule has 2 aromatic heterocycles. The van der Waals surface area contributed by atoms with Gasteiger partial charge in [0.15, 0.2) is 5.58 Å². The third kappa shape index (κ3) is 2.96. The van der Waals surface area contributed by atoms with Crippen LogP contribution in [0.3, 0.4) is 0 Å². The smallest absolute Gasteiger partial charge is 0.408 e. The fourth-order valence-electron chi connectivity index (χ4n) is 3.78. The summed E-state index contributed by atoms with van der Waals surface area (Å²) in [5.74, 6) is 0.600. The second kappa shape index (κ2) is 6.50. The van der Waals surface area contributed by atoms with Crippen LogP contribution >= 0.6 is 0 Å². The van der Waals surface area contributed by atoms with Crippen molar-refractivity contribution in [2.75, 3.05) is 13.1 Å². The summed E-state index contributed by atoms with van der Waals surface area (Å²) in [6, 6.07) is 7.04. The van der Waals surface area contributed by atoms with Gasteiger partial charge in [0.25, 0.3) is 0 Å². The average Bonchev–Trinajstić information content (AvgIpc) is 3.43. The topological polar surface area (TPSA) is 95.3 Å². The maximum Gasteiger partial charge on any atom is 0.420 e. The van der Waals surface area contributed by atoms with Crippen molar-refractivity contribution in [2.24, 2.45) is 5.92 Å². The Kier molecular flexibility index (Phi) is 3.96. The lowest BCUT2D eigenvalue weighted by molar-refractivity contribution is -0.131. The maximum absolute atomic E-state index is 12.8. The highest BCUT2D eigenvalue weighted by Gasteiger charge is 2.27. The number of benzene rings is 1. The summed E-state index contributed by atoms with van der Waals surface area (Å²) in [6.45, 7) is 1.93. The molecule has 0 saturated heterocycles. The molecular weight excluding hydrogens is 362 g/mol. The molecule has 1 amide bonds. The standard InChI is InChI=1S/C19H21N5O4/c25-17(12-23-14-3-1-2-4-15(14)28-19(23)27)21-8-7-16-20-24(11-13-5-6-13)18(26)22(16)10-9-21/h1-4,13H,5-12H2. The Morgan fingerprint density at radius 3 is 2.79 bits per heavy atom. The molecule has 0 bridgehead atoms. The molecule has 146 valence electrons. The summed E-state index contributed by atoms with van der Waals surface area (Å²) in [6.07, 6.45) is 2.86. The summed E-state index contributed by atoms with van der Waals surface area (Å²) >= 11 is 0. The van der Waals surface area contributed by atoms with E-state index in [1.54, 1.807) is 38.4 Å². The summed E-state index contributed by atoms with van der Waals surface area (Å²) in [5.41, 5.74) is 0.979. The first kappa shape index (κ1) is 17.0. The van der Waals surface area contributed by atoms with Crippen LogP contribution in [-0.2, 0) is 30.8 Å². The normalized spacial score (nSPS) is 16.9. The zero-order valence-corrected chi connectivity index (χ0v) is 15.4. The third-order valence-corrected chi connectivity index (χ3v) is 5.55. The second-order valence-corrected chi connectivity index (χ2v) is 7.53. The maximum atomic E-state index is 12.8. The zero-order chi connectivity index (χ0) is 19.3. The summed E-state index contributed by atoms with van der Waals surface area (Å²) in [5, 5.41) is 4.47. The fourth-order valence-corrected chi connectivity index (χ4v) is 3.78. The molecular formula is C19H21N5O4. The van der Waals surface area contributed by atoms with Gasteiger partial charge in [-0.15, -0.1) is 0 Å². The van der Waals surface area contributed by atoms with Gasteiger partial charge in [-0.25, -0.2) is 14.3 Å². The van der Waals surface area contributed by atoms with Crippen molar-refractivity contribution >= 4 is 17.0 Å². The molecule has 1 aliphatic carbocycles. The molecule has 9 nitrogen and oxygen atoms in total. The predicted octanol–water partition coefficient (Wildman–Crippen LogP) is 0.448. The molecule has 0 unspecified atom stereocenters. The van der Waals surface area contributed by atoms with Crippen molar-refractivity contribution in [2.45, 2.75) is 38.9 Å². The molecule has 1 aromatic carbocycles. The largest absolute Gasteiger partial charge is 0.420 e. The number of hydrogen-bond donors (Lipinski definition) is 0. The number of aromatic nitrogens is 4. The van der Waals surface area contributed by atoms with E-state index in [4.69, 9.17) is 4.42 Å². The first-order chi connectivity index (χ1) is 13.6. The van der Waals surface area contributed by atoms with Gasteiger partial charge in [-0.3, -0.25) is 13.9 Å². The van der Waals surface area contributed by atoms with Gasteiger partial charge in [0.05, 0.1) is 5.52 Å². The van der Waals surface area contributed by atoms with Crippen LogP contribution < -0.4 is 11.4 Å². The number of fused-ring (bicyclic) bond motifs is 2. The van der Waals surface area contributed by atoms with Crippen LogP contribution in [0.5, 0.6) is 0 Å². The highest BCUT2D eigenvalue weighted by Crippen LogP contribution is 2.29. The first-order valence-electron chi connectivity index (χ1n) is 9.63. The molecule has 0 spiro atoms. The fraction of sp³-hybridized carbons (Fsp3) is 0.474. The monoisotopic (exact) mass is 383 g/mol. The van der Waals surface area contributed by atoms with E-state index in [-0.39, 0.29) is 18.1 Å². The molecule has 1 aliphatic heterocycles. The minimum absolute atomic E-state index is 0.0793. The number of para-hydroxylation sites is 2. The summed E-state index contributed by atoms with van der Waals surface area (Å²) < 4.78 is 9.79. The van der Waals surface area contributed by atoms with Gasteiger partial charge in [-0.05, 0) is 30.9 Å². The average molecular weight is 383 g/mol. The van der Waals surface area contributed by atoms with Crippen LogP contribution in [0, 0.1) is 5.92 Å². The lowest BCUT2D eigenvalue weighted by Crippen LogP contribution is -2.38. The van der Waals surface area contributed by atoms with Gasteiger partial charge < -0.3 is 9.32 Å². The van der Waals surface area contributed by atoms with Crippen molar-refractivity contribution in [3.05, 3.63) is 51.1 Å². The Morgan fingerprint density at radius 2 is 1.96 bits per heavy atom. The molecule has 0 radical (unpaired) electrons. The number of carbonyl (C=O) groups excluding carboxylic acids is 1. The van der Waals surface area contributed by atoms with E-state index in [9.17, 15) is 14.4 Å². The number of hydrogen-bond acceptors (Lipinski definition) is 5. The van der Waals surface area contributed by atoms with Crippen molar-refractivity contribution in [1.82, 2.24) is 23.8 Å². The zero-order valence-electron chi connectivity index (χ0n) is 15.4. The number of carbonyl (C=O) groups is 1. The Morgan fingerprint density at radius 1 is 1.14 bits per heavy atom. The third-order valence-electron chi connectivity index (χ3n) is 5.55. The molecule has 1 saturated carbocycles. The van der Waals surface area contributed by atoms with Crippen LogP contribution in [0.25, 0.3) is 11.1 Å². The minimum Gasteiger partial charge on any atom is -0.408 e. The predicted molar refractivity (Wildman–Crippen MR) is 100.0 cm³/mol. The summed E-state index contributed by atoms with van der Waals surface area (Å²) in [4.78, 5) is 39.2. The molecule has 28 heavy (non-hydrogen) atoms. The van der Waals surface area contributed by atoms with E-state index in [1.165, 1.54) is 17.4 Å². The minimum atomic E-state index is -0.541. The molecule has 0 N–H and O–H groups in total.